The number of nitrogens with one attached hydrogen (secondary N) is 1. The van der Waals surface area contributed by atoms with Gasteiger partial charge in [0.15, 0.2) is 0 Å². The Morgan fingerprint density at radius 2 is 2.06 bits per heavy atom. The fraction of sp³-hybridized carbons (Fsp3) is 0.643. The van der Waals surface area contributed by atoms with E-state index in [-0.39, 0.29) is 5.54 Å². The number of hydrogen-bond donors (Lipinski definition) is 1. The lowest BCUT2D eigenvalue weighted by Gasteiger charge is -2.31. The number of hydrogen-bond acceptors (Lipinski definition) is 2. The number of aromatic nitrogens is 1. The van der Waals surface area contributed by atoms with Crippen molar-refractivity contribution in [1.82, 2.24) is 4.98 Å². The summed E-state index contributed by atoms with van der Waals surface area (Å²) < 4.78 is 0. The molecule has 17 heavy (non-hydrogen) atoms. The van der Waals surface area contributed by atoms with Gasteiger partial charge in [0.05, 0.1) is 5.54 Å². The topological polar surface area (TPSA) is 24.9 Å². The lowest BCUT2D eigenvalue weighted by molar-refractivity contribution is 0.482. The van der Waals surface area contributed by atoms with Gasteiger partial charge in [-0.05, 0) is 43.7 Å². The Hall–Kier alpha value is -0.760. The van der Waals surface area contributed by atoms with Crippen LogP contribution in [-0.4, -0.2) is 16.4 Å². The van der Waals surface area contributed by atoms with Crippen LogP contribution >= 0.6 is 11.6 Å². The third-order valence-corrected chi connectivity index (χ3v) is 4.44. The highest BCUT2D eigenvalue weighted by atomic mass is 35.5. The van der Waals surface area contributed by atoms with Crippen LogP contribution in [0, 0.1) is 0 Å². The second-order valence-electron chi connectivity index (χ2n) is 4.90. The van der Waals surface area contributed by atoms with Gasteiger partial charge < -0.3 is 5.32 Å². The number of nitrogens with zero attached hydrogens (tertiary/aromatic N) is 1. The number of rotatable bonds is 5. The third kappa shape index (κ3) is 2.57. The number of pyridine rings is 1. The summed E-state index contributed by atoms with van der Waals surface area (Å²) in [7, 11) is 0. The van der Waals surface area contributed by atoms with Gasteiger partial charge in [-0.1, -0.05) is 19.9 Å². The largest absolute Gasteiger partial charge is 0.363 e. The first kappa shape index (κ1) is 12.7. The van der Waals surface area contributed by atoms with Gasteiger partial charge in [-0.3, -0.25) is 0 Å². The smallest absolute Gasteiger partial charge is 0.126 e. The zero-order valence-electron chi connectivity index (χ0n) is 10.7. The van der Waals surface area contributed by atoms with E-state index >= 15 is 0 Å². The second kappa shape index (κ2) is 5.26. The Morgan fingerprint density at radius 3 is 2.71 bits per heavy atom. The van der Waals surface area contributed by atoms with E-state index in [9.17, 15) is 0 Å². The molecular formula is C14H21ClN2. The first-order valence-electron chi connectivity index (χ1n) is 6.56. The van der Waals surface area contributed by atoms with E-state index in [4.69, 9.17) is 16.6 Å². The maximum absolute atomic E-state index is 6.10. The van der Waals surface area contributed by atoms with Crippen LogP contribution in [0.5, 0.6) is 0 Å². The molecule has 0 fully saturated rings. The molecule has 1 aromatic heterocycles. The van der Waals surface area contributed by atoms with Crippen LogP contribution in [-0.2, 0) is 12.8 Å². The molecule has 1 aliphatic carbocycles. The molecule has 0 aliphatic heterocycles. The van der Waals surface area contributed by atoms with Crippen molar-refractivity contribution in [2.45, 2.75) is 51.5 Å². The quantitative estimate of drug-likeness (QED) is 0.807. The summed E-state index contributed by atoms with van der Waals surface area (Å²) in [5, 5.41) is 3.53. The van der Waals surface area contributed by atoms with Crippen molar-refractivity contribution in [3.63, 3.8) is 0 Å². The van der Waals surface area contributed by atoms with Crippen molar-refractivity contribution in [2.24, 2.45) is 0 Å². The van der Waals surface area contributed by atoms with Crippen LogP contribution in [0.1, 0.15) is 44.4 Å². The second-order valence-corrected chi connectivity index (χ2v) is 5.17. The normalized spacial score (nSPS) is 14.8. The summed E-state index contributed by atoms with van der Waals surface area (Å²) in [4.78, 5) is 4.71. The average molecular weight is 253 g/mol. The predicted octanol–water partition coefficient (Wildman–Crippen LogP) is 3.78. The van der Waals surface area contributed by atoms with Crippen LogP contribution in [0.2, 0.25) is 0 Å². The van der Waals surface area contributed by atoms with Gasteiger partial charge in [0.25, 0.3) is 0 Å². The van der Waals surface area contributed by atoms with E-state index in [0.29, 0.717) is 5.88 Å². The monoisotopic (exact) mass is 252 g/mol. The number of halogens is 1. The number of alkyl halides is 1. The van der Waals surface area contributed by atoms with Crippen molar-refractivity contribution in [1.29, 1.82) is 0 Å². The first-order valence-corrected chi connectivity index (χ1v) is 7.09. The van der Waals surface area contributed by atoms with Gasteiger partial charge in [-0.25, -0.2) is 4.98 Å². The molecule has 0 bridgehead atoms. The van der Waals surface area contributed by atoms with Gasteiger partial charge in [0.1, 0.15) is 5.82 Å². The molecule has 94 valence electrons. The van der Waals surface area contributed by atoms with Gasteiger partial charge in [0.2, 0.25) is 0 Å². The summed E-state index contributed by atoms with van der Waals surface area (Å²) in [5.41, 5.74) is 2.67. The van der Waals surface area contributed by atoms with E-state index in [0.717, 1.165) is 25.1 Å². The molecule has 1 N–H and O–H groups in total. The Bertz CT molecular complexity index is 378. The fourth-order valence-corrected chi connectivity index (χ4v) is 2.86. The zero-order chi connectivity index (χ0) is 12.3. The molecule has 0 saturated carbocycles. The van der Waals surface area contributed by atoms with Crippen LogP contribution < -0.4 is 5.32 Å². The zero-order valence-corrected chi connectivity index (χ0v) is 11.5. The molecule has 0 aromatic carbocycles. The summed E-state index contributed by atoms with van der Waals surface area (Å²) >= 11 is 6.10. The van der Waals surface area contributed by atoms with Crippen LogP contribution in [0.25, 0.3) is 0 Å². The third-order valence-electron chi connectivity index (χ3n) is 3.93. The highest BCUT2D eigenvalue weighted by Gasteiger charge is 2.25. The van der Waals surface area contributed by atoms with E-state index in [1.165, 1.54) is 24.1 Å². The minimum atomic E-state index is -0.0125. The maximum atomic E-state index is 6.10. The Morgan fingerprint density at radius 1 is 1.29 bits per heavy atom. The molecule has 1 heterocycles. The Kier molecular flexibility index (Phi) is 3.93. The molecule has 2 rings (SSSR count). The molecule has 3 heteroatoms. The van der Waals surface area contributed by atoms with Crippen LogP contribution in [0.3, 0.4) is 0 Å². The summed E-state index contributed by atoms with van der Waals surface area (Å²) in [6.45, 7) is 4.35. The molecule has 1 aliphatic rings. The van der Waals surface area contributed by atoms with Crippen molar-refractivity contribution in [3.05, 3.63) is 23.4 Å². The Balaban J connectivity index is 2.18. The molecule has 0 atom stereocenters. The SMILES string of the molecule is CCC(CC)(CCl)Nc1ccc2c(n1)CCC2. The number of aryl methyl sites for hydroxylation is 2. The van der Waals surface area contributed by atoms with Gasteiger partial charge >= 0.3 is 0 Å². The standard InChI is InChI=1S/C14H21ClN2/c1-3-14(4-2,10-15)17-13-9-8-11-6-5-7-12(11)16-13/h8-9H,3-7,10H2,1-2H3,(H,16,17). The molecule has 0 saturated heterocycles. The van der Waals surface area contributed by atoms with E-state index in [1.54, 1.807) is 0 Å². The van der Waals surface area contributed by atoms with Gasteiger partial charge in [-0.2, -0.15) is 0 Å². The van der Waals surface area contributed by atoms with Gasteiger partial charge in [0, 0.05) is 11.6 Å². The summed E-state index contributed by atoms with van der Waals surface area (Å²) in [6, 6.07) is 4.30. The number of fused-ring (bicyclic) bond motifs is 1. The Labute approximate surface area is 109 Å². The van der Waals surface area contributed by atoms with E-state index in [1.807, 2.05) is 0 Å². The predicted molar refractivity (Wildman–Crippen MR) is 73.9 cm³/mol. The fourth-order valence-electron chi connectivity index (χ4n) is 2.41. The molecule has 1 aromatic rings. The minimum Gasteiger partial charge on any atom is -0.363 e. The summed E-state index contributed by atoms with van der Waals surface area (Å²) in [5.74, 6) is 1.61. The van der Waals surface area contributed by atoms with Crippen molar-refractivity contribution >= 4 is 17.4 Å². The minimum absolute atomic E-state index is 0.0125. The molecule has 0 spiro atoms. The van der Waals surface area contributed by atoms with Crippen molar-refractivity contribution in [3.8, 4) is 0 Å². The van der Waals surface area contributed by atoms with Crippen molar-refractivity contribution < 1.29 is 0 Å². The van der Waals surface area contributed by atoms with E-state index in [2.05, 4.69) is 31.3 Å². The molecule has 2 nitrogen and oxygen atoms in total. The molecule has 0 amide bonds. The highest BCUT2D eigenvalue weighted by Crippen LogP contribution is 2.26. The van der Waals surface area contributed by atoms with Crippen LogP contribution in [0.15, 0.2) is 12.1 Å². The highest BCUT2D eigenvalue weighted by molar-refractivity contribution is 6.18. The van der Waals surface area contributed by atoms with E-state index < -0.39 is 0 Å². The van der Waals surface area contributed by atoms with Crippen LogP contribution in [0.4, 0.5) is 5.82 Å². The number of anilines is 1. The lowest BCUT2D eigenvalue weighted by Crippen LogP contribution is -2.39. The summed E-state index contributed by atoms with van der Waals surface area (Å²) in [6.07, 6.45) is 5.59. The first-order chi connectivity index (χ1) is 8.23. The molecular weight excluding hydrogens is 232 g/mol. The van der Waals surface area contributed by atoms with Gasteiger partial charge in [-0.15, -0.1) is 11.6 Å². The van der Waals surface area contributed by atoms with Crippen molar-refractivity contribution in [2.75, 3.05) is 11.2 Å². The molecule has 0 unspecified atom stereocenters. The maximum Gasteiger partial charge on any atom is 0.126 e. The molecule has 0 radical (unpaired) electrons. The average Bonchev–Trinajstić information content (AvgIpc) is 2.83. The lowest BCUT2D eigenvalue weighted by atomic mass is 9.95.